The first-order valence-corrected chi connectivity index (χ1v) is 10.7. The second-order valence-electron chi connectivity index (χ2n) is 6.82. The molecule has 4 nitrogen and oxygen atoms in total. The molecule has 0 aliphatic rings. The lowest BCUT2D eigenvalue weighted by atomic mass is 10.1. The second kappa shape index (κ2) is 9.00. The average Bonchev–Trinajstić information content (AvgIpc) is 3.11. The molecule has 0 aliphatic carbocycles. The molecule has 0 spiro atoms. The Morgan fingerprint density at radius 3 is 2.78 bits per heavy atom. The molecule has 0 radical (unpaired) electrons. The smallest absolute Gasteiger partial charge is 0.261 e. The molecule has 2 heterocycles. The van der Waals surface area contributed by atoms with E-state index in [4.69, 9.17) is 11.6 Å². The Labute approximate surface area is 169 Å². The third-order valence-corrected chi connectivity index (χ3v) is 6.24. The van der Waals surface area contributed by atoms with E-state index in [9.17, 15) is 4.79 Å². The van der Waals surface area contributed by atoms with Gasteiger partial charge >= 0.3 is 0 Å². The summed E-state index contributed by atoms with van der Waals surface area (Å²) >= 11 is 7.85. The molecule has 2 aromatic heterocycles. The highest BCUT2D eigenvalue weighted by Gasteiger charge is 2.15. The molecule has 0 aliphatic heterocycles. The van der Waals surface area contributed by atoms with E-state index >= 15 is 0 Å². The van der Waals surface area contributed by atoms with Crippen molar-refractivity contribution in [3.63, 3.8) is 0 Å². The number of nitrogens with zero attached hydrogens (tertiary/aromatic N) is 2. The van der Waals surface area contributed by atoms with E-state index in [1.807, 2.05) is 18.2 Å². The minimum Gasteiger partial charge on any atom is -0.350 e. The van der Waals surface area contributed by atoms with Crippen LogP contribution in [0.5, 0.6) is 0 Å². The first-order chi connectivity index (χ1) is 13.0. The van der Waals surface area contributed by atoms with E-state index < -0.39 is 0 Å². The van der Waals surface area contributed by atoms with Crippen molar-refractivity contribution in [1.29, 1.82) is 0 Å². The number of halogens is 1. The highest BCUT2D eigenvalue weighted by atomic mass is 35.5. The van der Waals surface area contributed by atoms with Gasteiger partial charge in [0.1, 0.15) is 5.15 Å². The summed E-state index contributed by atoms with van der Waals surface area (Å²) in [5.74, 6) is -0.0420. The van der Waals surface area contributed by atoms with Gasteiger partial charge in [0.15, 0.2) is 0 Å². The fourth-order valence-electron chi connectivity index (χ4n) is 3.18. The number of rotatable bonds is 8. The van der Waals surface area contributed by atoms with Gasteiger partial charge in [-0.15, -0.1) is 11.3 Å². The van der Waals surface area contributed by atoms with E-state index in [1.165, 1.54) is 29.7 Å². The zero-order valence-electron chi connectivity index (χ0n) is 16.1. The molecule has 1 N–H and O–H groups in total. The lowest BCUT2D eigenvalue weighted by Gasteiger charge is -2.19. The SMILES string of the molecule is CCCCN(CC)CCNC(=O)c1cc2c(Cl)nc3ccc(C)cc3c2s1. The average molecular weight is 404 g/mol. The molecule has 0 fully saturated rings. The number of aromatic nitrogens is 1. The van der Waals surface area contributed by atoms with Gasteiger partial charge in [0.2, 0.25) is 0 Å². The van der Waals surface area contributed by atoms with Crippen molar-refractivity contribution in [2.24, 2.45) is 0 Å². The minimum absolute atomic E-state index is 0.0420. The molecule has 27 heavy (non-hydrogen) atoms. The predicted molar refractivity (Wildman–Crippen MR) is 116 cm³/mol. The molecule has 0 saturated heterocycles. The number of nitrogens with one attached hydrogen (secondary N) is 1. The van der Waals surface area contributed by atoms with Crippen LogP contribution in [-0.2, 0) is 0 Å². The quantitative estimate of drug-likeness (QED) is 0.521. The number of aryl methyl sites for hydroxylation is 1. The van der Waals surface area contributed by atoms with Crippen LogP contribution in [0.1, 0.15) is 41.9 Å². The van der Waals surface area contributed by atoms with Crippen LogP contribution in [0, 0.1) is 6.92 Å². The van der Waals surface area contributed by atoms with Gasteiger partial charge in [0.05, 0.1) is 10.4 Å². The molecule has 0 saturated carbocycles. The second-order valence-corrected chi connectivity index (χ2v) is 8.23. The molecule has 1 amide bonds. The van der Waals surface area contributed by atoms with Gasteiger partial charge in [-0.05, 0) is 44.6 Å². The molecule has 3 aromatic rings. The van der Waals surface area contributed by atoms with Crippen molar-refractivity contribution in [3.8, 4) is 0 Å². The lowest BCUT2D eigenvalue weighted by Crippen LogP contribution is -2.35. The van der Waals surface area contributed by atoms with Crippen molar-refractivity contribution >= 4 is 49.8 Å². The highest BCUT2D eigenvalue weighted by molar-refractivity contribution is 7.21. The number of likely N-dealkylation sites (N-methyl/N-ethyl adjacent to an activating group) is 1. The van der Waals surface area contributed by atoms with Gasteiger partial charge in [0.25, 0.3) is 5.91 Å². The molecular weight excluding hydrogens is 378 g/mol. The van der Waals surface area contributed by atoms with E-state index in [-0.39, 0.29) is 5.91 Å². The number of amides is 1. The van der Waals surface area contributed by atoms with Crippen LogP contribution >= 0.6 is 22.9 Å². The molecule has 0 unspecified atom stereocenters. The Morgan fingerprint density at radius 2 is 2.04 bits per heavy atom. The zero-order valence-corrected chi connectivity index (χ0v) is 17.7. The normalized spacial score (nSPS) is 11.6. The molecule has 1 aromatic carbocycles. The number of hydrogen-bond acceptors (Lipinski definition) is 4. The Bertz CT molecular complexity index is 953. The van der Waals surface area contributed by atoms with Crippen LogP contribution < -0.4 is 5.32 Å². The number of benzene rings is 1. The summed E-state index contributed by atoms with van der Waals surface area (Å²) in [5.41, 5.74) is 2.03. The Hall–Kier alpha value is -1.69. The molecule has 6 heteroatoms. The topological polar surface area (TPSA) is 45.2 Å². The number of unbranched alkanes of at least 4 members (excludes halogenated alkanes) is 1. The summed E-state index contributed by atoms with van der Waals surface area (Å²) in [6, 6.07) is 7.97. The van der Waals surface area contributed by atoms with Gasteiger partial charge < -0.3 is 10.2 Å². The van der Waals surface area contributed by atoms with Crippen molar-refractivity contribution in [2.75, 3.05) is 26.2 Å². The van der Waals surface area contributed by atoms with Crippen LogP contribution in [0.15, 0.2) is 24.3 Å². The minimum atomic E-state index is -0.0420. The first-order valence-electron chi connectivity index (χ1n) is 9.53. The molecule has 144 valence electrons. The van der Waals surface area contributed by atoms with Crippen molar-refractivity contribution in [1.82, 2.24) is 15.2 Å². The van der Waals surface area contributed by atoms with Crippen molar-refractivity contribution in [2.45, 2.75) is 33.6 Å². The largest absolute Gasteiger partial charge is 0.350 e. The predicted octanol–water partition coefficient (Wildman–Crippen LogP) is 5.26. The van der Waals surface area contributed by atoms with Crippen molar-refractivity contribution < 1.29 is 4.79 Å². The number of hydrogen-bond donors (Lipinski definition) is 1. The fourth-order valence-corrected chi connectivity index (χ4v) is 4.57. The number of thiophene rings is 1. The number of fused-ring (bicyclic) bond motifs is 3. The van der Waals surface area contributed by atoms with E-state index in [2.05, 4.69) is 42.0 Å². The summed E-state index contributed by atoms with van der Waals surface area (Å²) in [6.07, 6.45) is 2.38. The van der Waals surface area contributed by atoms with Gasteiger partial charge in [-0.25, -0.2) is 4.98 Å². The number of pyridine rings is 1. The monoisotopic (exact) mass is 403 g/mol. The van der Waals surface area contributed by atoms with Crippen LogP contribution in [0.2, 0.25) is 5.15 Å². The molecule has 3 rings (SSSR count). The summed E-state index contributed by atoms with van der Waals surface area (Å²) in [5, 5.41) is 5.40. The van der Waals surface area contributed by atoms with Gasteiger partial charge in [-0.3, -0.25) is 4.79 Å². The van der Waals surface area contributed by atoms with Crippen LogP contribution in [-0.4, -0.2) is 42.0 Å². The van der Waals surface area contributed by atoms with Crippen LogP contribution in [0.4, 0.5) is 0 Å². The van der Waals surface area contributed by atoms with Gasteiger partial charge in [0, 0.05) is 28.6 Å². The zero-order chi connectivity index (χ0) is 19.4. The van der Waals surface area contributed by atoms with E-state index in [0.29, 0.717) is 16.6 Å². The number of carbonyl (C=O) groups is 1. The maximum absolute atomic E-state index is 12.6. The molecule has 0 atom stereocenters. The Balaban J connectivity index is 1.76. The van der Waals surface area contributed by atoms with E-state index in [1.54, 1.807) is 0 Å². The van der Waals surface area contributed by atoms with Crippen molar-refractivity contribution in [3.05, 3.63) is 39.9 Å². The fraction of sp³-hybridized carbons (Fsp3) is 0.429. The third kappa shape index (κ3) is 4.60. The van der Waals surface area contributed by atoms with Crippen LogP contribution in [0.3, 0.4) is 0 Å². The Kier molecular flexibility index (Phi) is 6.68. The molecule has 0 bridgehead atoms. The summed E-state index contributed by atoms with van der Waals surface area (Å²) < 4.78 is 1.02. The first kappa shape index (κ1) is 20.1. The Morgan fingerprint density at radius 1 is 1.22 bits per heavy atom. The van der Waals surface area contributed by atoms with Crippen LogP contribution in [0.25, 0.3) is 21.0 Å². The maximum atomic E-state index is 12.6. The molecular formula is C21H26ClN3OS. The standard InChI is InChI=1S/C21H26ClN3OS/c1-4-6-10-25(5-2)11-9-23-21(26)18-13-16-19(27-18)15-12-14(3)7-8-17(15)24-20(16)22/h7-8,12-13H,4-6,9-11H2,1-3H3,(H,23,26). The summed E-state index contributed by atoms with van der Waals surface area (Å²) in [6.45, 7) is 10.0. The number of carbonyl (C=O) groups excluding carboxylic acids is 1. The van der Waals surface area contributed by atoms with Gasteiger partial charge in [-0.2, -0.15) is 0 Å². The van der Waals surface area contributed by atoms with Gasteiger partial charge in [-0.1, -0.05) is 43.5 Å². The highest BCUT2D eigenvalue weighted by Crippen LogP contribution is 2.36. The maximum Gasteiger partial charge on any atom is 0.261 e. The third-order valence-electron chi connectivity index (χ3n) is 4.78. The summed E-state index contributed by atoms with van der Waals surface area (Å²) in [7, 11) is 0. The summed E-state index contributed by atoms with van der Waals surface area (Å²) in [4.78, 5) is 20.2. The lowest BCUT2D eigenvalue weighted by molar-refractivity contribution is 0.0952. The van der Waals surface area contributed by atoms with E-state index in [0.717, 1.165) is 40.6 Å².